The quantitative estimate of drug-likeness (QED) is 0.921. The Balaban J connectivity index is 1.66. The van der Waals surface area contributed by atoms with E-state index >= 15 is 0 Å². The smallest absolute Gasteiger partial charge is 0.128 e. The molecule has 1 aromatic rings. The number of ether oxygens (including phenoxy) is 2. The zero-order chi connectivity index (χ0) is 13.9. The highest BCUT2D eigenvalue weighted by Gasteiger charge is 2.23. The molecule has 0 radical (unpaired) electrons. The summed E-state index contributed by atoms with van der Waals surface area (Å²) < 4.78 is 11.4. The average molecular weight is 297 g/mol. The third-order valence-electron chi connectivity index (χ3n) is 4.17. The second-order valence-electron chi connectivity index (χ2n) is 5.66. The lowest BCUT2D eigenvalue weighted by Gasteiger charge is -2.24. The molecule has 2 aliphatic rings. The zero-order valence-corrected chi connectivity index (χ0v) is 12.4. The van der Waals surface area contributed by atoms with E-state index in [1.807, 2.05) is 12.1 Å². The molecule has 3 rings (SSSR count). The number of aliphatic hydroxyl groups excluding tert-OH is 1. The van der Waals surface area contributed by atoms with Crippen molar-refractivity contribution in [3.05, 3.63) is 28.3 Å². The maximum Gasteiger partial charge on any atom is 0.128 e. The number of halogens is 1. The van der Waals surface area contributed by atoms with Crippen LogP contribution in [0.1, 0.15) is 49.3 Å². The third kappa shape index (κ3) is 3.11. The summed E-state index contributed by atoms with van der Waals surface area (Å²) in [6, 6.07) is 3.77. The molecule has 110 valence electrons. The van der Waals surface area contributed by atoms with E-state index in [9.17, 15) is 5.11 Å². The minimum atomic E-state index is -0.522. The first kappa shape index (κ1) is 14.2. The van der Waals surface area contributed by atoms with Crippen molar-refractivity contribution in [2.75, 3.05) is 13.2 Å². The van der Waals surface area contributed by atoms with Crippen molar-refractivity contribution in [1.29, 1.82) is 0 Å². The Morgan fingerprint density at radius 1 is 1.30 bits per heavy atom. The van der Waals surface area contributed by atoms with Crippen molar-refractivity contribution >= 4 is 11.6 Å². The van der Waals surface area contributed by atoms with E-state index in [4.69, 9.17) is 21.1 Å². The second-order valence-corrected chi connectivity index (χ2v) is 6.10. The van der Waals surface area contributed by atoms with Gasteiger partial charge in [0.15, 0.2) is 0 Å². The monoisotopic (exact) mass is 296 g/mol. The molecule has 2 unspecified atom stereocenters. The molecule has 2 aliphatic heterocycles. The van der Waals surface area contributed by atoms with E-state index in [0.29, 0.717) is 24.2 Å². The summed E-state index contributed by atoms with van der Waals surface area (Å²) >= 11 is 6.13. The van der Waals surface area contributed by atoms with Crippen LogP contribution in [-0.4, -0.2) is 24.4 Å². The van der Waals surface area contributed by atoms with Gasteiger partial charge in [0.05, 0.1) is 18.8 Å². The number of benzene rings is 1. The Labute approximate surface area is 124 Å². The predicted octanol–water partition coefficient (Wildman–Crippen LogP) is 3.66. The minimum absolute atomic E-state index is 0.298. The fraction of sp³-hybridized carbons (Fsp3) is 0.625. The first-order chi connectivity index (χ1) is 9.74. The average Bonchev–Trinajstić information content (AvgIpc) is 2.93. The second kappa shape index (κ2) is 6.33. The van der Waals surface area contributed by atoms with Crippen molar-refractivity contribution in [1.82, 2.24) is 0 Å². The van der Waals surface area contributed by atoms with E-state index < -0.39 is 6.10 Å². The maximum atomic E-state index is 10.4. The number of fused-ring (bicyclic) bond motifs is 1. The molecule has 1 saturated heterocycles. The molecule has 1 fully saturated rings. The molecule has 0 amide bonds. The molecule has 0 aliphatic carbocycles. The van der Waals surface area contributed by atoms with Crippen LogP contribution in [0.2, 0.25) is 5.02 Å². The number of rotatable bonds is 4. The van der Waals surface area contributed by atoms with Gasteiger partial charge in [-0.3, -0.25) is 0 Å². The lowest BCUT2D eigenvalue weighted by Crippen LogP contribution is -2.19. The minimum Gasteiger partial charge on any atom is -0.493 e. The van der Waals surface area contributed by atoms with Crippen LogP contribution in [0.5, 0.6) is 5.75 Å². The van der Waals surface area contributed by atoms with Gasteiger partial charge >= 0.3 is 0 Å². The number of hydrogen-bond acceptors (Lipinski definition) is 3. The summed E-state index contributed by atoms with van der Waals surface area (Å²) in [5.74, 6) is 0.839. The zero-order valence-electron chi connectivity index (χ0n) is 11.6. The molecular weight excluding hydrogens is 276 g/mol. The molecule has 20 heavy (non-hydrogen) atoms. The van der Waals surface area contributed by atoms with E-state index in [2.05, 4.69) is 0 Å². The highest BCUT2D eigenvalue weighted by Crippen LogP contribution is 2.38. The number of aliphatic hydroxyl groups is 1. The van der Waals surface area contributed by atoms with Crippen molar-refractivity contribution in [3.8, 4) is 5.75 Å². The van der Waals surface area contributed by atoms with E-state index in [0.717, 1.165) is 49.2 Å². The van der Waals surface area contributed by atoms with Gasteiger partial charge in [-0.05, 0) is 49.8 Å². The molecule has 0 saturated carbocycles. The summed E-state index contributed by atoms with van der Waals surface area (Å²) in [4.78, 5) is 0. The van der Waals surface area contributed by atoms with E-state index in [1.54, 1.807) is 0 Å². The van der Waals surface area contributed by atoms with Crippen molar-refractivity contribution in [3.63, 3.8) is 0 Å². The molecule has 3 nitrogen and oxygen atoms in total. The highest BCUT2D eigenvalue weighted by atomic mass is 35.5. The molecule has 2 heterocycles. The first-order valence-corrected chi connectivity index (χ1v) is 7.86. The molecule has 0 aromatic heterocycles. The topological polar surface area (TPSA) is 38.7 Å². The molecule has 0 bridgehead atoms. The van der Waals surface area contributed by atoms with Crippen molar-refractivity contribution < 1.29 is 14.6 Å². The van der Waals surface area contributed by atoms with Crippen molar-refractivity contribution in [2.45, 2.75) is 50.7 Å². The van der Waals surface area contributed by atoms with Crippen LogP contribution >= 0.6 is 11.6 Å². The van der Waals surface area contributed by atoms with Gasteiger partial charge < -0.3 is 14.6 Å². The molecule has 0 spiro atoms. The normalized spacial score (nSPS) is 23.2. The van der Waals surface area contributed by atoms with Gasteiger partial charge in [0, 0.05) is 23.6 Å². The summed E-state index contributed by atoms with van der Waals surface area (Å²) in [7, 11) is 0. The lowest BCUT2D eigenvalue weighted by atomic mass is 9.97. The largest absolute Gasteiger partial charge is 0.493 e. The molecule has 2 atom stereocenters. The predicted molar refractivity (Wildman–Crippen MR) is 78.4 cm³/mol. The van der Waals surface area contributed by atoms with Gasteiger partial charge in [0.25, 0.3) is 0 Å². The van der Waals surface area contributed by atoms with Crippen LogP contribution in [0, 0.1) is 0 Å². The van der Waals surface area contributed by atoms with Gasteiger partial charge in [0.2, 0.25) is 0 Å². The van der Waals surface area contributed by atoms with Gasteiger partial charge in [-0.1, -0.05) is 11.6 Å². The summed E-state index contributed by atoms with van der Waals surface area (Å²) in [5.41, 5.74) is 1.95. The van der Waals surface area contributed by atoms with Gasteiger partial charge in [-0.25, -0.2) is 0 Å². The molecule has 1 N–H and O–H groups in total. The maximum absolute atomic E-state index is 10.4. The van der Waals surface area contributed by atoms with E-state index in [1.165, 1.54) is 6.42 Å². The Morgan fingerprint density at radius 2 is 2.20 bits per heavy atom. The number of hydrogen-bond donors (Lipinski definition) is 1. The molecule has 4 heteroatoms. The van der Waals surface area contributed by atoms with Crippen LogP contribution in [0.25, 0.3) is 0 Å². The van der Waals surface area contributed by atoms with Crippen molar-refractivity contribution in [2.24, 2.45) is 0 Å². The van der Waals surface area contributed by atoms with Crippen LogP contribution in [0.4, 0.5) is 0 Å². The summed E-state index contributed by atoms with van der Waals surface area (Å²) in [6.45, 7) is 1.54. The van der Waals surface area contributed by atoms with Crippen LogP contribution in [0.15, 0.2) is 12.1 Å². The Bertz CT molecular complexity index is 469. The fourth-order valence-corrected chi connectivity index (χ4v) is 3.33. The first-order valence-electron chi connectivity index (χ1n) is 7.49. The fourth-order valence-electron chi connectivity index (χ4n) is 3.08. The Morgan fingerprint density at radius 3 is 3.00 bits per heavy atom. The van der Waals surface area contributed by atoms with Crippen LogP contribution in [-0.2, 0) is 11.2 Å². The third-order valence-corrected chi connectivity index (χ3v) is 4.39. The van der Waals surface area contributed by atoms with Gasteiger partial charge in [-0.2, -0.15) is 0 Å². The molecular formula is C16H21ClO3. The van der Waals surface area contributed by atoms with Gasteiger partial charge in [0.1, 0.15) is 5.75 Å². The SMILES string of the molecule is OC(CCC1CCCCO1)c1cc(Cl)cc2c1OCC2. The Kier molecular flexibility index (Phi) is 4.49. The van der Waals surface area contributed by atoms with Crippen LogP contribution < -0.4 is 4.74 Å². The Hall–Kier alpha value is -0.770. The van der Waals surface area contributed by atoms with Gasteiger partial charge in [-0.15, -0.1) is 0 Å². The molecule has 1 aromatic carbocycles. The summed E-state index contributed by atoms with van der Waals surface area (Å²) in [5, 5.41) is 11.1. The lowest BCUT2D eigenvalue weighted by molar-refractivity contribution is 0.00198. The standard InChI is InChI=1S/C16H21ClO3/c17-12-9-11-6-8-20-16(11)14(10-12)15(18)5-4-13-3-1-2-7-19-13/h9-10,13,15,18H,1-8H2. The van der Waals surface area contributed by atoms with Crippen LogP contribution in [0.3, 0.4) is 0 Å². The van der Waals surface area contributed by atoms with E-state index in [-0.39, 0.29) is 0 Å². The highest BCUT2D eigenvalue weighted by molar-refractivity contribution is 6.30. The summed E-state index contributed by atoms with van der Waals surface area (Å²) in [6.07, 6.45) is 5.74.